The quantitative estimate of drug-likeness (QED) is 0.270. The van der Waals surface area contributed by atoms with Crippen molar-refractivity contribution in [3.8, 4) is 0 Å². The monoisotopic (exact) mass is 485 g/mol. The first kappa shape index (κ1) is 22.4. The summed E-state index contributed by atoms with van der Waals surface area (Å²) in [5.74, 6) is 0.643. The van der Waals surface area contributed by atoms with Gasteiger partial charge >= 0.3 is 0 Å². The van der Waals surface area contributed by atoms with E-state index in [9.17, 15) is 0 Å². The number of halogens is 1. The lowest BCUT2D eigenvalue weighted by Gasteiger charge is -2.34. The van der Waals surface area contributed by atoms with E-state index in [-0.39, 0.29) is 24.0 Å². The van der Waals surface area contributed by atoms with Crippen molar-refractivity contribution in [1.82, 2.24) is 15.1 Å². The minimum Gasteiger partial charge on any atom is -0.370 e. The molecule has 1 aromatic rings. The lowest BCUT2D eigenvalue weighted by Crippen LogP contribution is -2.46. The van der Waals surface area contributed by atoms with Gasteiger partial charge in [0.15, 0.2) is 5.96 Å². The topological polar surface area (TPSA) is 56.9 Å². The van der Waals surface area contributed by atoms with Gasteiger partial charge in [0.05, 0.1) is 0 Å². The highest BCUT2D eigenvalue weighted by Gasteiger charge is 2.16. The smallest absolute Gasteiger partial charge is 0.188 e. The van der Waals surface area contributed by atoms with Crippen molar-refractivity contribution >= 4 is 29.9 Å². The van der Waals surface area contributed by atoms with Gasteiger partial charge in [-0.3, -0.25) is 9.89 Å². The highest BCUT2D eigenvalue weighted by molar-refractivity contribution is 14.0. The Morgan fingerprint density at radius 3 is 2.37 bits per heavy atom. The van der Waals surface area contributed by atoms with Crippen molar-refractivity contribution < 1.29 is 0 Å². The van der Waals surface area contributed by atoms with Crippen LogP contribution in [0, 0.1) is 0 Å². The minimum absolute atomic E-state index is 0. The van der Waals surface area contributed by atoms with Crippen LogP contribution in [0.2, 0.25) is 0 Å². The van der Waals surface area contributed by atoms with Crippen LogP contribution in [0.4, 0.5) is 0 Å². The molecule has 0 spiro atoms. The maximum Gasteiger partial charge on any atom is 0.188 e. The number of hydrogen-bond donors (Lipinski definition) is 2. The third-order valence-corrected chi connectivity index (χ3v) is 5.59. The van der Waals surface area contributed by atoms with Gasteiger partial charge in [0.2, 0.25) is 0 Å². The number of aliphatic imine (C=N–C) groups is 1. The number of hydrogen-bond acceptors (Lipinski definition) is 3. The first-order chi connectivity index (χ1) is 12.8. The van der Waals surface area contributed by atoms with Crippen LogP contribution in [0.15, 0.2) is 35.3 Å². The van der Waals surface area contributed by atoms with Gasteiger partial charge in [-0.05, 0) is 24.8 Å². The maximum atomic E-state index is 6.03. The zero-order valence-electron chi connectivity index (χ0n) is 16.5. The van der Waals surface area contributed by atoms with Crippen LogP contribution in [0.5, 0.6) is 0 Å². The van der Waals surface area contributed by atoms with Gasteiger partial charge in [0.25, 0.3) is 0 Å². The fourth-order valence-corrected chi connectivity index (χ4v) is 4.01. The lowest BCUT2D eigenvalue weighted by atomic mass is 9.96. The van der Waals surface area contributed by atoms with Crippen LogP contribution >= 0.6 is 24.0 Å². The molecule has 0 radical (unpaired) electrons. The van der Waals surface area contributed by atoms with Gasteiger partial charge in [-0.2, -0.15) is 0 Å². The second-order valence-electron chi connectivity index (χ2n) is 7.70. The van der Waals surface area contributed by atoms with Crippen LogP contribution in [0.3, 0.4) is 0 Å². The van der Waals surface area contributed by atoms with Crippen molar-refractivity contribution in [2.45, 2.75) is 51.1 Å². The minimum atomic E-state index is 0. The van der Waals surface area contributed by atoms with Crippen LogP contribution in [0.25, 0.3) is 0 Å². The van der Waals surface area contributed by atoms with Crippen molar-refractivity contribution in [2.75, 3.05) is 39.3 Å². The third-order valence-electron chi connectivity index (χ3n) is 5.59. The van der Waals surface area contributed by atoms with E-state index in [1.54, 1.807) is 0 Å². The summed E-state index contributed by atoms with van der Waals surface area (Å²) in [5, 5.41) is 3.39. The van der Waals surface area contributed by atoms with Crippen LogP contribution < -0.4 is 11.1 Å². The molecular weight excluding hydrogens is 449 g/mol. The van der Waals surface area contributed by atoms with Crippen molar-refractivity contribution in [3.05, 3.63) is 35.9 Å². The Bertz CT molecular complexity index is 537. The molecule has 1 heterocycles. The molecule has 3 rings (SSSR count). The van der Waals surface area contributed by atoms with Crippen molar-refractivity contribution in [3.63, 3.8) is 0 Å². The first-order valence-electron chi connectivity index (χ1n) is 10.3. The molecule has 1 aliphatic heterocycles. The summed E-state index contributed by atoms with van der Waals surface area (Å²) in [7, 11) is 0. The van der Waals surface area contributed by atoms with E-state index in [0.29, 0.717) is 12.0 Å². The van der Waals surface area contributed by atoms with Crippen molar-refractivity contribution in [1.29, 1.82) is 0 Å². The van der Waals surface area contributed by atoms with Crippen LogP contribution in [0.1, 0.15) is 44.1 Å². The normalized spacial score (nSPS) is 20.2. The summed E-state index contributed by atoms with van der Waals surface area (Å²) >= 11 is 0. The Balaban J connectivity index is 0.00000261. The molecule has 6 heteroatoms. The summed E-state index contributed by atoms with van der Waals surface area (Å²) in [6, 6.07) is 11.3. The number of nitrogens with two attached hydrogens (primary N) is 1. The highest BCUT2D eigenvalue weighted by Crippen LogP contribution is 2.17. The number of nitrogens with one attached hydrogen (secondary N) is 1. The Morgan fingerprint density at radius 2 is 1.67 bits per heavy atom. The number of rotatable bonds is 7. The van der Waals surface area contributed by atoms with Gasteiger partial charge in [-0.1, -0.05) is 49.6 Å². The Morgan fingerprint density at radius 1 is 1.00 bits per heavy atom. The Hall–Kier alpha value is -0.860. The van der Waals surface area contributed by atoms with E-state index in [1.165, 1.54) is 37.7 Å². The van der Waals surface area contributed by atoms with E-state index in [4.69, 9.17) is 5.73 Å². The van der Waals surface area contributed by atoms with Gasteiger partial charge in [0.1, 0.15) is 0 Å². The fraction of sp³-hybridized carbons (Fsp3) is 0.667. The molecule has 2 fully saturated rings. The third kappa shape index (κ3) is 8.35. The molecule has 3 N–H and O–H groups in total. The molecule has 1 aromatic carbocycles. The second kappa shape index (κ2) is 12.6. The largest absolute Gasteiger partial charge is 0.370 e. The lowest BCUT2D eigenvalue weighted by molar-refractivity contribution is 0.127. The highest BCUT2D eigenvalue weighted by atomic mass is 127. The Kier molecular flexibility index (Phi) is 10.4. The molecule has 0 unspecified atom stereocenters. The number of piperazine rings is 1. The molecule has 2 aliphatic rings. The van der Waals surface area contributed by atoms with Crippen LogP contribution in [-0.2, 0) is 6.54 Å². The maximum absolute atomic E-state index is 6.03. The second-order valence-corrected chi connectivity index (χ2v) is 7.70. The molecule has 152 valence electrons. The van der Waals surface area contributed by atoms with E-state index >= 15 is 0 Å². The zero-order valence-corrected chi connectivity index (χ0v) is 18.8. The molecular formula is C21H36IN5. The molecule has 0 aromatic heterocycles. The summed E-state index contributed by atoms with van der Waals surface area (Å²) in [5.41, 5.74) is 7.45. The van der Waals surface area contributed by atoms with Crippen molar-refractivity contribution in [2.24, 2.45) is 10.7 Å². The van der Waals surface area contributed by atoms with Gasteiger partial charge in [-0.25, -0.2) is 0 Å². The molecule has 1 saturated carbocycles. The molecule has 27 heavy (non-hydrogen) atoms. The van der Waals surface area contributed by atoms with E-state index in [2.05, 4.69) is 50.4 Å². The summed E-state index contributed by atoms with van der Waals surface area (Å²) in [6.07, 6.45) is 7.58. The van der Waals surface area contributed by atoms with Gasteiger partial charge in [-0.15, -0.1) is 24.0 Å². The number of guanidine groups is 1. The van der Waals surface area contributed by atoms with E-state index in [0.717, 1.165) is 52.2 Å². The molecule has 0 bridgehead atoms. The molecule has 0 atom stereocenters. The predicted molar refractivity (Wildman–Crippen MR) is 125 cm³/mol. The van der Waals surface area contributed by atoms with Crippen LogP contribution in [-0.4, -0.2) is 61.1 Å². The number of benzene rings is 1. The van der Waals surface area contributed by atoms with E-state index < -0.39 is 0 Å². The first-order valence-corrected chi connectivity index (χ1v) is 10.3. The van der Waals surface area contributed by atoms with Gasteiger partial charge in [0, 0.05) is 51.9 Å². The average molecular weight is 485 g/mol. The predicted octanol–water partition coefficient (Wildman–Crippen LogP) is 3.05. The standard InChI is InChI=1S/C21H35N5.HI/c22-21(24-20-10-5-2-6-11-20)23-12-7-13-25-14-16-26(17-15-25)18-19-8-3-1-4-9-19;/h1,3-4,8-9,20H,2,5-7,10-18H2,(H3,22,23,24);1H. The summed E-state index contributed by atoms with van der Waals surface area (Å²) in [6.45, 7) is 7.66. The zero-order chi connectivity index (χ0) is 18.0. The summed E-state index contributed by atoms with van der Waals surface area (Å²) < 4.78 is 0. The summed E-state index contributed by atoms with van der Waals surface area (Å²) in [4.78, 5) is 9.63. The molecule has 0 amide bonds. The fourth-order valence-electron chi connectivity index (χ4n) is 4.01. The molecule has 5 nitrogen and oxygen atoms in total. The molecule has 1 saturated heterocycles. The molecule has 1 aliphatic carbocycles. The SMILES string of the molecule is I.NC(=NCCCN1CCN(Cc2ccccc2)CC1)NC1CCCCC1. The average Bonchev–Trinajstić information content (AvgIpc) is 2.68. The number of nitrogens with zero attached hydrogens (tertiary/aromatic N) is 3. The van der Waals surface area contributed by atoms with E-state index in [1.807, 2.05) is 0 Å². The van der Waals surface area contributed by atoms with Gasteiger partial charge < -0.3 is 16.0 Å². The Labute approximate surface area is 181 Å².